The second-order valence-electron chi connectivity index (χ2n) is 6.43. The lowest BCUT2D eigenvalue weighted by atomic mass is 10.1. The number of allylic oxidation sites excluding steroid dienone is 2. The van der Waals surface area contributed by atoms with Crippen LogP contribution in [0.5, 0.6) is 0 Å². The molecule has 0 fully saturated rings. The van der Waals surface area contributed by atoms with Gasteiger partial charge < -0.3 is 0 Å². The SMILES string of the molecule is CCC=NCCCCCCCC/C=C\CCCCCCCC. The van der Waals surface area contributed by atoms with E-state index in [1.54, 1.807) is 0 Å². The van der Waals surface area contributed by atoms with Crippen molar-refractivity contribution < 1.29 is 0 Å². The van der Waals surface area contributed by atoms with Gasteiger partial charge >= 0.3 is 0 Å². The van der Waals surface area contributed by atoms with E-state index < -0.39 is 0 Å². The average molecular weight is 308 g/mol. The van der Waals surface area contributed by atoms with Crippen LogP contribution in [0.2, 0.25) is 0 Å². The summed E-state index contributed by atoms with van der Waals surface area (Å²) in [5.41, 5.74) is 0. The maximum atomic E-state index is 4.36. The molecular formula is C21H41N. The molecule has 0 N–H and O–H groups in total. The normalized spacial score (nSPS) is 11.9. The molecule has 0 unspecified atom stereocenters. The Balaban J connectivity index is 3.06. The number of aliphatic imine (C=N–C) groups is 1. The summed E-state index contributed by atoms with van der Waals surface area (Å²) in [7, 11) is 0. The van der Waals surface area contributed by atoms with Crippen molar-refractivity contribution >= 4 is 6.21 Å². The lowest BCUT2D eigenvalue weighted by molar-refractivity contribution is 0.599. The van der Waals surface area contributed by atoms with Crippen molar-refractivity contribution in [2.45, 2.75) is 110 Å². The summed E-state index contributed by atoms with van der Waals surface area (Å²) in [5.74, 6) is 0. The highest BCUT2D eigenvalue weighted by Gasteiger charge is 1.91. The molecule has 0 amide bonds. The van der Waals surface area contributed by atoms with Crippen LogP contribution in [-0.4, -0.2) is 12.8 Å². The minimum Gasteiger partial charge on any atom is -0.298 e. The molecule has 0 saturated heterocycles. The van der Waals surface area contributed by atoms with Crippen molar-refractivity contribution in [2.24, 2.45) is 4.99 Å². The smallest absolute Gasteiger partial charge is 0.0385 e. The van der Waals surface area contributed by atoms with E-state index in [1.165, 1.54) is 89.9 Å². The zero-order chi connectivity index (χ0) is 16.1. The fraction of sp³-hybridized carbons (Fsp3) is 0.857. The van der Waals surface area contributed by atoms with Gasteiger partial charge in [-0.1, -0.05) is 83.8 Å². The summed E-state index contributed by atoms with van der Waals surface area (Å²) >= 11 is 0. The minimum absolute atomic E-state index is 1.04. The largest absolute Gasteiger partial charge is 0.298 e. The van der Waals surface area contributed by atoms with E-state index in [9.17, 15) is 0 Å². The highest BCUT2D eigenvalue weighted by molar-refractivity contribution is 5.56. The van der Waals surface area contributed by atoms with Gasteiger partial charge in [0.1, 0.15) is 0 Å². The van der Waals surface area contributed by atoms with Crippen LogP contribution in [-0.2, 0) is 0 Å². The van der Waals surface area contributed by atoms with Crippen molar-refractivity contribution in [3.63, 3.8) is 0 Å². The van der Waals surface area contributed by atoms with Gasteiger partial charge in [0, 0.05) is 6.54 Å². The van der Waals surface area contributed by atoms with Gasteiger partial charge in [-0.2, -0.15) is 0 Å². The Kier molecular flexibility index (Phi) is 19.9. The van der Waals surface area contributed by atoms with Crippen LogP contribution < -0.4 is 0 Å². The van der Waals surface area contributed by atoms with E-state index >= 15 is 0 Å². The summed E-state index contributed by atoms with van der Waals surface area (Å²) in [4.78, 5) is 4.36. The number of unbranched alkanes of at least 4 members (excludes halogenated alkanes) is 12. The van der Waals surface area contributed by atoms with Crippen molar-refractivity contribution in [1.29, 1.82) is 0 Å². The third-order valence-electron chi connectivity index (χ3n) is 4.11. The van der Waals surface area contributed by atoms with E-state index in [-0.39, 0.29) is 0 Å². The molecule has 0 aliphatic carbocycles. The standard InChI is InChI=1S/C21H41N/c1-3-5-6-7-8-9-10-11-12-13-14-15-16-17-18-19-21-22-20-4-2/h11-12,20H,3-10,13-19,21H2,1-2H3/b12-11-,22-20?. The predicted molar refractivity (Wildman–Crippen MR) is 103 cm³/mol. The first-order chi connectivity index (χ1) is 10.9. The van der Waals surface area contributed by atoms with Crippen molar-refractivity contribution in [3.8, 4) is 0 Å². The molecule has 0 aromatic heterocycles. The highest BCUT2D eigenvalue weighted by Crippen LogP contribution is 2.09. The molecule has 1 heteroatoms. The summed E-state index contributed by atoms with van der Waals surface area (Å²) in [6.45, 7) is 5.46. The van der Waals surface area contributed by atoms with Gasteiger partial charge in [0.2, 0.25) is 0 Å². The molecule has 0 aromatic rings. The van der Waals surface area contributed by atoms with Crippen molar-refractivity contribution in [2.75, 3.05) is 6.54 Å². The van der Waals surface area contributed by atoms with Gasteiger partial charge in [-0.3, -0.25) is 4.99 Å². The first-order valence-corrected chi connectivity index (χ1v) is 10.0. The molecule has 0 saturated carbocycles. The van der Waals surface area contributed by atoms with Gasteiger partial charge in [-0.15, -0.1) is 0 Å². The van der Waals surface area contributed by atoms with Gasteiger partial charge in [0.15, 0.2) is 0 Å². The minimum atomic E-state index is 1.04. The van der Waals surface area contributed by atoms with Crippen LogP contribution in [0.3, 0.4) is 0 Å². The maximum absolute atomic E-state index is 4.36. The van der Waals surface area contributed by atoms with Gasteiger partial charge in [-0.25, -0.2) is 0 Å². The van der Waals surface area contributed by atoms with E-state index in [0.29, 0.717) is 0 Å². The van der Waals surface area contributed by atoms with Crippen LogP contribution in [0.1, 0.15) is 110 Å². The molecule has 0 bridgehead atoms. The number of nitrogens with zero attached hydrogens (tertiary/aromatic N) is 1. The molecule has 0 spiro atoms. The number of rotatable bonds is 17. The quantitative estimate of drug-likeness (QED) is 0.150. The molecule has 22 heavy (non-hydrogen) atoms. The molecule has 0 aliphatic heterocycles. The highest BCUT2D eigenvalue weighted by atomic mass is 14.7. The lowest BCUT2D eigenvalue weighted by Crippen LogP contribution is -1.84. The molecule has 0 heterocycles. The molecular weight excluding hydrogens is 266 g/mol. The first kappa shape index (κ1) is 21.4. The van der Waals surface area contributed by atoms with E-state index in [4.69, 9.17) is 0 Å². The van der Waals surface area contributed by atoms with E-state index in [0.717, 1.165) is 13.0 Å². The van der Waals surface area contributed by atoms with E-state index in [2.05, 4.69) is 31.0 Å². The maximum Gasteiger partial charge on any atom is 0.0385 e. The summed E-state index contributed by atoms with van der Waals surface area (Å²) < 4.78 is 0. The number of hydrogen-bond donors (Lipinski definition) is 0. The monoisotopic (exact) mass is 307 g/mol. The Labute approximate surface area is 140 Å². The lowest BCUT2D eigenvalue weighted by Gasteiger charge is -1.99. The van der Waals surface area contributed by atoms with Crippen LogP contribution >= 0.6 is 0 Å². The molecule has 0 aromatic carbocycles. The fourth-order valence-corrected chi connectivity index (χ4v) is 2.67. The van der Waals surface area contributed by atoms with Crippen LogP contribution in [0, 0.1) is 0 Å². The molecule has 0 aliphatic rings. The Hall–Kier alpha value is -0.590. The summed E-state index contributed by atoms with van der Waals surface area (Å²) in [6.07, 6.45) is 27.2. The summed E-state index contributed by atoms with van der Waals surface area (Å²) in [6, 6.07) is 0. The fourth-order valence-electron chi connectivity index (χ4n) is 2.67. The van der Waals surface area contributed by atoms with Gasteiger partial charge in [-0.05, 0) is 44.7 Å². The third-order valence-corrected chi connectivity index (χ3v) is 4.11. The van der Waals surface area contributed by atoms with Gasteiger partial charge in [0.05, 0.1) is 0 Å². The Morgan fingerprint density at radius 3 is 1.64 bits per heavy atom. The predicted octanol–water partition coefficient (Wildman–Crippen LogP) is 7.50. The Bertz CT molecular complexity index is 242. The van der Waals surface area contributed by atoms with Gasteiger partial charge in [0.25, 0.3) is 0 Å². The molecule has 0 radical (unpaired) electrons. The third kappa shape index (κ3) is 19.4. The average Bonchev–Trinajstić information content (AvgIpc) is 2.54. The zero-order valence-corrected chi connectivity index (χ0v) is 15.5. The van der Waals surface area contributed by atoms with E-state index in [1.807, 2.05) is 6.21 Å². The topological polar surface area (TPSA) is 12.4 Å². The Morgan fingerprint density at radius 2 is 1.09 bits per heavy atom. The van der Waals surface area contributed by atoms with Crippen molar-refractivity contribution in [1.82, 2.24) is 0 Å². The second-order valence-corrected chi connectivity index (χ2v) is 6.43. The Morgan fingerprint density at radius 1 is 0.591 bits per heavy atom. The first-order valence-electron chi connectivity index (χ1n) is 10.0. The molecule has 1 nitrogen and oxygen atoms in total. The van der Waals surface area contributed by atoms with Crippen LogP contribution in [0.15, 0.2) is 17.1 Å². The number of hydrogen-bond acceptors (Lipinski definition) is 1. The molecule has 0 rings (SSSR count). The zero-order valence-electron chi connectivity index (χ0n) is 15.5. The van der Waals surface area contributed by atoms with Crippen LogP contribution in [0.4, 0.5) is 0 Å². The second kappa shape index (κ2) is 20.4. The summed E-state index contributed by atoms with van der Waals surface area (Å²) in [5, 5.41) is 0. The van der Waals surface area contributed by atoms with Crippen molar-refractivity contribution in [3.05, 3.63) is 12.2 Å². The molecule has 0 atom stereocenters. The van der Waals surface area contributed by atoms with Crippen LogP contribution in [0.25, 0.3) is 0 Å². The molecule has 130 valence electrons.